The molecule has 0 N–H and O–H groups in total. The molecule has 0 saturated carbocycles. The number of fused-ring (bicyclic) bond motifs is 1. The predicted molar refractivity (Wildman–Crippen MR) is 91.9 cm³/mol. The molecule has 1 aromatic rings. The molecule has 1 atom stereocenters. The van der Waals surface area contributed by atoms with Gasteiger partial charge in [0.15, 0.2) is 11.5 Å². The fourth-order valence-electron chi connectivity index (χ4n) is 2.88. The smallest absolute Gasteiger partial charge is 0.307 e. The van der Waals surface area contributed by atoms with E-state index in [1.165, 1.54) is 0 Å². The number of hydrogen-bond donors (Lipinski definition) is 0. The van der Waals surface area contributed by atoms with Crippen LogP contribution in [0.1, 0.15) is 30.7 Å². The number of thioether (sulfide) groups is 1. The van der Waals surface area contributed by atoms with E-state index < -0.39 is 0 Å². The third-order valence-corrected chi connectivity index (χ3v) is 5.31. The number of methoxy groups -OCH3 is 1. The summed E-state index contributed by atoms with van der Waals surface area (Å²) in [5.41, 5.74) is 0.892. The van der Waals surface area contributed by atoms with Gasteiger partial charge in [0, 0.05) is 18.7 Å². The fraction of sp³-hybridized carbons (Fsp3) is 0.529. The van der Waals surface area contributed by atoms with Gasteiger partial charge in [-0.15, -0.1) is 11.8 Å². The number of carbonyl (C=O) groups is 2. The molecule has 8 heteroatoms. The zero-order valence-electron chi connectivity index (χ0n) is 14.3. The Morgan fingerprint density at radius 3 is 3.00 bits per heavy atom. The topological polar surface area (TPSA) is 74.3 Å². The van der Waals surface area contributed by atoms with Crippen molar-refractivity contribution in [3.05, 3.63) is 17.7 Å². The lowest BCUT2D eigenvalue weighted by atomic mass is 10.1. The second-order valence-electron chi connectivity index (χ2n) is 5.57. The van der Waals surface area contributed by atoms with E-state index in [1.54, 1.807) is 30.7 Å². The Bertz CT molecular complexity index is 665. The first-order valence-corrected chi connectivity index (χ1v) is 9.23. The van der Waals surface area contributed by atoms with E-state index in [9.17, 15) is 9.59 Å². The molecule has 136 valence electrons. The lowest BCUT2D eigenvalue weighted by Crippen LogP contribution is -2.38. The maximum atomic E-state index is 12.4. The van der Waals surface area contributed by atoms with E-state index >= 15 is 0 Å². The Morgan fingerprint density at radius 1 is 1.40 bits per heavy atom. The average molecular weight is 367 g/mol. The molecular formula is C17H21NO6S. The van der Waals surface area contributed by atoms with E-state index in [0.717, 1.165) is 11.3 Å². The van der Waals surface area contributed by atoms with Crippen LogP contribution in [0.3, 0.4) is 0 Å². The van der Waals surface area contributed by atoms with Gasteiger partial charge in [0.05, 0.1) is 20.1 Å². The van der Waals surface area contributed by atoms with Gasteiger partial charge in [0.1, 0.15) is 5.37 Å². The zero-order valence-corrected chi connectivity index (χ0v) is 15.1. The van der Waals surface area contributed by atoms with Crippen LogP contribution in [-0.4, -0.2) is 49.6 Å². The van der Waals surface area contributed by atoms with Crippen molar-refractivity contribution in [2.24, 2.45) is 0 Å². The Morgan fingerprint density at radius 2 is 2.24 bits per heavy atom. The quantitative estimate of drug-likeness (QED) is 0.715. The highest BCUT2D eigenvalue weighted by Crippen LogP contribution is 2.46. The SMILES string of the molecule is CCOC(=O)CCN1C(=O)CCSC1c1cc(OC)c2c(c1)OCO2. The summed E-state index contributed by atoms with van der Waals surface area (Å²) < 4.78 is 21.3. The normalized spacial score (nSPS) is 19.0. The Labute approximate surface area is 150 Å². The monoisotopic (exact) mass is 367 g/mol. The second kappa shape index (κ2) is 7.86. The number of esters is 1. The number of nitrogens with zero attached hydrogens (tertiary/aromatic N) is 1. The molecule has 1 unspecified atom stereocenters. The number of ether oxygens (including phenoxy) is 4. The fourth-order valence-corrected chi connectivity index (χ4v) is 4.12. The van der Waals surface area contributed by atoms with Crippen molar-refractivity contribution >= 4 is 23.6 Å². The van der Waals surface area contributed by atoms with Crippen LogP contribution in [0.25, 0.3) is 0 Å². The average Bonchev–Trinajstić information content (AvgIpc) is 3.08. The summed E-state index contributed by atoms with van der Waals surface area (Å²) in [6, 6.07) is 3.74. The standard InChI is InChI=1S/C17H21NO6S/c1-3-22-15(20)4-6-18-14(19)5-7-25-17(18)11-8-12(21-2)16-13(9-11)23-10-24-16/h8-9,17H,3-7,10H2,1-2H3. The van der Waals surface area contributed by atoms with E-state index in [1.807, 2.05) is 12.1 Å². The summed E-state index contributed by atoms with van der Waals surface area (Å²) in [4.78, 5) is 25.8. The van der Waals surface area contributed by atoms with Crippen molar-refractivity contribution in [3.63, 3.8) is 0 Å². The molecule has 2 aliphatic rings. The minimum atomic E-state index is -0.298. The number of amides is 1. The molecule has 0 spiro atoms. The highest BCUT2D eigenvalue weighted by Gasteiger charge is 2.32. The van der Waals surface area contributed by atoms with Gasteiger partial charge in [-0.25, -0.2) is 0 Å². The van der Waals surface area contributed by atoms with Gasteiger partial charge in [-0.3, -0.25) is 9.59 Å². The molecular weight excluding hydrogens is 346 g/mol. The molecule has 2 heterocycles. The van der Waals surface area contributed by atoms with E-state index in [4.69, 9.17) is 18.9 Å². The summed E-state index contributed by atoms with van der Waals surface area (Å²) in [7, 11) is 1.57. The van der Waals surface area contributed by atoms with Gasteiger partial charge >= 0.3 is 5.97 Å². The highest BCUT2D eigenvalue weighted by atomic mass is 32.2. The Balaban J connectivity index is 1.83. The van der Waals surface area contributed by atoms with Crippen LogP contribution < -0.4 is 14.2 Å². The van der Waals surface area contributed by atoms with Crippen LogP contribution in [-0.2, 0) is 14.3 Å². The first-order chi connectivity index (χ1) is 12.1. The molecule has 0 aliphatic carbocycles. The molecule has 2 aliphatic heterocycles. The molecule has 0 bridgehead atoms. The summed E-state index contributed by atoms with van der Waals surface area (Å²) in [5.74, 6) is 2.23. The number of carbonyl (C=O) groups excluding carboxylic acids is 2. The Kier molecular flexibility index (Phi) is 5.57. The lowest BCUT2D eigenvalue weighted by Gasteiger charge is -2.35. The molecule has 1 fully saturated rings. The van der Waals surface area contributed by atoms with E-state index in [2.05, 4.69) is 0 Å². The van der Waals surface area contributed by atoms with Crippen molar-refractivity contribution in [2.45, 2.75) is 25.1 Å². The summed E-state index contributed by atoms with van der Waals surface area (Å²) in [5, 5.41) is -0.195. The maximum Gasteiger partial charge on any atom is 0.307 e. The van der Waals surface area contributed by atoms with Crippen molar-refractivity contribution in [1.29, 1.82) is 0 Å². The first kappa shape index (κ1) is 17.7. The van der Waals surface area contributed by atoms with Gasteiger partial charge in [0.2, 0.25) is 18.4 Å². The minimum absolute atomic E-state index is 0.0321. The second-order valence-corrected chi connectivity index (χ2v) is 6.76. The van der Waals surface area contributed by atoms with Gasteiger partial charge in [-0.1, -0.05) is 0 Å². The van der Waals surface area contributed by atoms with Crippen molar-refractivity contribution in [3.8, 4) is 17.2 Å². The number of rotatable bonds is 6. The van der Waals surface area contributed by atoms with Gasteiger partial charge in [-0.2, -0.15) is 0 Å². The summed E-state index contributed by atoms with van der Waals surface area (Å²) in [6.07, 6.45) is 0.643. The van der Waals surface area contributed by atoms with Gasteiger partial charge < -0.3 is 23.8 Å². The van der Waals surface area contributed by atoms with Crippen LogP contribution in [0.15, 0.2) is 12.1 Å². The Hall–Kier alpha value is -2.09. The van der Waals surface area contributed by atoms with Crippen molar-refractivity contribution < 1.29 is 28.5 Å². The molecule has 3 rings (SSSR count). The van der Waals surface area contributed by atoms with Crippen molar-refractivity contribution in [2.75, 3.05) is 32.8 Å². The minimum Gasteiger partial charge on any atom is -0.493 e. The van der Waals surface area contributed by atoms with Crippen LogP contribution in [0.5, 0.6) is 17.2 Å². The molecule has 25 heavy (non-hydrogen) atoms. The number of benzene rings is 1. The third kappa shape index (κ3) is 3.78. The predicted octanol–water partition coefficient (Wildman–Crippen LogP) is 2.34. The van der Waals surface area contributed by atoms with Crippen LogP contribution in [0, 0.1) is 0 Å². The highest BCUT2D eigenvalue weighted by molar-refractivity contribution is 7.99. The third-order valence-electron chi connectivity index (χ3n) is 4.02. The molecule has 7 nitrogen and oxygen atoms in total. The van der Waals surface area contributed by atoms with Crippen molar-refractivity contribution in [1.82, 2.24) is 4.90 Å². The largest absolute Gasteiger partial charge is 0.493 e. The molecule has 0 aromatic heterocycles. The molecule has 0 radical (unpaired) electrons. The summed E-state index contributed by atoms with van der Waals surface area (Å²) >= 11 is 1.66. The molecule has 1 aromatic carbocycles. The molecule has 1 saturated heterocycles. The maximum absolute atomic E-state index is 12.4. The zero-order chi connectivity index (χ0) is 17.8. The first-order valence-electron chi connectivity index (χ1n) is 8.18. The van der Waals surface area contributed by atoms with E-state index in [-0.39, 0.29) is 30.5 Å². The van der Waals surface area contributed by atoms with Crippen LogP contribution >= 0.6 is 11.8 Å². The number of hydrogen-bond acceptors (Lipinski definition) is 7. The summed E-state index contributed by atoms with van der Waals surface area (Å²) in [6.45, 7) is 2.58. The molecule has 1 amide bonds. The van der Waals surface area contributed by atoms with E-state index in [0.29, 0.717) is 36.8 Å². The van der Waals surface area contributed by atoms with Crippen LogP contribution in [0.2, 0.25) is 0 Å². The lowest BCUT2D eigenvalue weighted by molar-refractivity contribution is -0.144. The van der Waals surface area contributed by atoms with Gasteiger partial charge in [-0.05, 0) is 24.6 Å². The van der Waals surface area contributed by atoms with Crippen LogP contribution in [0.4, 0.5) is 0 Å². The van der Waals surface area contributed by atoms with Gasteiger partial charge in [0.25, 0.3) is 0 Å².